The van der Waals surface area contributed by atoms with E-state index in [2.05, 4.69) is 49.8 Å². The topological polar surface area (TPSA) is 154 Å². The standard InChI is InChI=1S/C51H64N4O9/c1-9-12-40-38(10-2)50(61)54(8)30-43(40)36-25-32(3)42(33(4)26-36)29-53(7)28-37-27-51(31-64-37)18-20-55(21-19-51)46(58)17-22-62-23-24-63-44-14-11-13-41(47(44)35(6)56)48(59)34(5)39-15-16-45(57)52-49(39)60/h9-14,25-26,30,34,37,39H,1,15-24,27-29,31H2,2-8H3,(H,52,57,60)/b38-10+,40-12+. The number of carbonyl (C=O) groups is 5. The van der Waals surface area contributed by atoms with Crippen LogP contribution in [0, 0.1) is 31.1 Å². The molecule has 1 aromatic heterocycles. The fourth-order valence-corrected chi connectivity index (χ4v) is 9.72. The Bertz CT molecular complexity index is 2460. The SMILES string of the molecule is C=C/C=c1/c(-c2cc(C)c(CN(C)CC3CC4(CCN(C(=O)CCOCCOc5cccc(C(=O)C(C)C6CCC(=O)NC6=O)c5C(C)=O)CC4)CO3)c(C)c2)cn(C)c(=O)/c1=C/C. The molecule has 342 valence electrons. The molecule has 3 aromatic rings. The van der Waals surface area contributed by atoms with Gasteiger partial charge in [0.2, 0.25) is 17.7 Å². The first kappa shape index (κ1) is 48.0. The van der Waals surface area contributed by atoms with Gasteiger partial charge in [-0.2, -0.15) is 0 Å². The molecule has 3 aliphatic heterocycles. The van der Waals surface area contributed by atoms with E-state index in [1.54, 1.807) is 42.8 Å². The summed E-state index contributed by atoms with van der Waals surface area (Å²) in [6.07, 6.45) is 11.0. The summed E-state index contributed by atoms with van der Waals surface area (Å²) >= 11 is 0. The van der Waals surface area contributed by atoms with Gasteiger partial charge in [-0.05, 0) is 99.4 Å². The minimum atomic E-state index is -0.731. The van der Waals surface area contributed by atoms with Gasteiger partial charge in [0.15, 0.2) is 11.6 Å². The van der Waals surface area contributed by atoms with Crippen LogP contribution in [0.1, 0.15) is 96.7 Å². The predicted octanol–water partition coefficient (Wildman–Crippen LogP) is 4.83. The first-order chi connectivity index (χ1) is 30.6. The summed E-state index contributed by atoms with van der Waals surface area (Å²) in [5.74, 6) is -2.64. The van der Waals surface area contributed by atoms with Crippen molar-refractivity contribution in [3.63, 3.8) is 0 Å². The van der Waals surface area contributed by atoms with E-state index in [-0.39, 0.29) is 96.4 Å². The van der Waals surface area contributed by atoms with Crippen LogP contribution >= 0.6 is 0 Å². The van der Waals surface area contributed by atoms with Crippen LogP contribution in [0.25, 0.3) is 23.3 Å². The molecule has 3 fully saturated rings. The third-order valence-corrected chi connectivity index (χ3v) is 13.3. The summed E-state index contributed by atoms with van der Waals surface area (Å²) in [5.41, 5.74) is 6.09. The van der Waals surface area contributed by atoms with E-state index in [1.165, 1.54) is 23.6 Å². The van der Waals surface area contributed by atoms with Crippen molar-refractivity contribution >= 4 is 41.4 Å². The number of likely N-dealkylation sites (N-methyl/N-ethyl adjacent to an activating group) is 1. The Morgan fingerprint density at radius 1 is 1.06 bits per heavy atom. The number of allylic oxidation sites excluding steroid dienone is 1. The van der Waals surface area contributed by atoms with Gasteiger partial charge in [-0.3, -0.25) is 39.0 Å². The van der Waals surface area contributed by atoms with E-state index in [9.17, 15) is 28.8 Å². The lowest BCUT2D eigenvalue weighted by atomic mass is 9.76. The molecule has 13 nitrogen and oxygen atoms in total. The molecule has 0 radical (unpaired) electrons. The molecular formula is C51H64N4O9. The molecular weight excluding hydrogens is 813 g/mol. The van der Waals surface area contributed by atoms with Crippen molar-refractivity contribution in [3.8, 4) is 16.9 Å². The number of hydrogen-bond acceptors (Lipinski definition) is 10. The normalized spacial score (nSPS) is 19.6. The van der Waals surface area contributed by atoms with Gasteiger partial charge in [-0.25, -0.2) is 0 Å². The smallest absolute Gasteiger partial charge is 0.257 e. The maximum atomic E-state index is 13.5. The van der Waals surface area contributed by atoms with Crippen molar-refractivity contribution in [2.24, 2.45) is 24.3 Å². The molecule has 3 atom stereocenters. The quantitative estimate of drug-likeness (QED) is 0.114. The number of aryl methyl sites for hydroxylation is 3. The summed E-state index contributed by atoms with van der Waals surface area (Å²) in [6, 6.07) is 9.23. The van der Waals surface area contributed by atoms with Gasteiger partial charge >= 0.3 is 0 Å². The van der Waals surface area contributed by atoms with Gasteiger partial charge in [0.05, 0.1) is 37.9 Å². The van der Waals surface area contributed by atoms with E-state index < -0.39 is 17.7 Å². The van der Waals surface area contributed by atoms with Crippen LogP contribution in [0.2, 0.25) is 0 Å². The number of Topliss-reactive ketones (excluding diaryl/α,β-unsaturated/α-hetero) is 2. The van der Waals surface area contributed by atoms with Gasteiger partial charge in [0.25, 0.3) is 5.56 Å². The molecule has 3 aliphatic rings. The van der Waals surface area contributed by atoms with Gasteiger partial charge in [0, 0.05) is 74.0 Å². The number of amides is 3. The van der Waals surface area contributed by atoms with Gasteiger partial charge < -0.3 is 23.7 Å². The Labute approximate surface area is 376 Å². The van der Waals surface area contributed by atoms with Crippen LogP contribution in [0.3, 0.4) is 0 Å². The van der Waals surface area contributed by atoms with Crippen LogP contribution in [0.4, 0.5) is 0 Å². The highest BCUT2D eigenvalue weighted by atomic mass is 16.5. The fraction of sp³-hybridized carbons (Fsp3) is 0.490. The first-order valence-electron chi connectivity index (χ1n) is 22.5. The summed E-state index contributed by atoms with van der Waals surface area (Å²) in [7, 11) is 3.93. The highest BCUT2D eigenvalue weighted by Gasteiger charge is 2.43. The maximum Gasteiger partial charge on any atom is 0.257 e. The molecule has 3 saturated heterocycles. The molecule has 13 heteroatoms. The Morgan fingerprint density at radius 2 is 1.78 bits per heavy atom. The number of ketones is 2. The molecule has 0 bridgehead atoms. The van der Waals surface area contributed by atoms with Crippen molar-refractivity contribution in [2.45, 2.75) is 85.8 Å². The van der Waals surface area contributed by atoms with E-state index in [4.69, 9.17) is 14.2 Å². The monoisotopic (exact) mass is 876 g/mol. The van der Waals surface area contributed by atoms with Gasteiger partial charge in [0.1, 0.15) is 12.4 Å². The maximum absolute atomic E-state index is 13.5. The first-order valence-corrected chi connectivity index (χ1v) is 22.5. The number of benzene rings is 2. The number of ether oxygens (including phenoxy) is 3. The fourth-order valence-electron chi connectivity index (χ4n) is 9.72. The molecule has 1 spiro atoms. The Hall–Kier alpha value is -5.50. The number of likely N-dealkylation sites (tertiary alicyclic amines) is 1. The molecule has 3 amide bonds. The molecule has 1 N–H and O–H groups in total. The molecule has 64 heavy (non-hydrogen) atoms. The Balaban J connectivity index is 0.934. The number of imide groups is 1. The van der Waals surface area contributed by atoms with E-state index in [0.29, 0.717) is 24.9 Å². The molecule has 0 aliphatic carbocycles. The van der Waals surface area contributed by atoms with Crippen LogP contribution in [-0.2, 0) is 37.4 Å². The van der Waals surface area contributed by atoms with Crippen LogP contribution in [-0.4, -0.2) is 103 Å². The van der Waals surface area contributed by atoms with Crippen molar-refractivity contribution < 1.29 is 38.2 Å². The van der Waals surface area contributed by atoms with Crippen LogP contribution in [0.5, 0.6) is 5.75 Å². The lowest BCUT2D eigenvalue weighted by Gasteiger charge is -2.38. The van der Waals surface area contributed by atoms with Gasteiger partial charge in [-0.1, -0.05) is 56.0 Å². The minimum absolute atomic E-state index is 0.0331. The van der Waals surface area contributed by atoms with Crippen molar-refractivity contribution in [3.05, 3.63) is 97.8 Å². The number of hydrogen-bond donors (Lipinski definition) is 1. The summed E-state index contributed by atoms with van der Waals surface area (Å²) in [4.78, 5) is 80.5. The third-order valence-electron chi connectivity index (χ3n) is 13.3. The van der Waals surface area contributed by atoms with Crippen molar-refractivity contribution in [1.82, 2.24) is 19.7 Å². The summed E-state index contributed by atoms with van der Waals surface area (Å²) < 4.78 is 19.7. The third kappa shape index (κ3) is 10.9. The zero-order chi connectivity index (χ0) is 46.3. The van der Waals surface area contributed by atoms with Crippen LogP contribution in [0.15, 0.2) is 54.0 Å². The van der Waals surface area contributed by atoms with E-state index >= 15 is 0 Å². The molecule has 0 saturated carbocycles. The van der Waals surface area contributed by atoms with Gasteiger partial charge in [-0.15, -0.1) is 0 Å². The highest BCUT2D eigenvalue weighted by molar-refractivity contribution is 6.12. The molecule has 3 unspecified atom stereocenters. The average molecular weight is 877 g/mol. The zero-order valence-corrected chi connectivity index (χ0v) is 38.6. The average Bonchev–Trinajstić information content (AvgIpc) is 3.64. The Morgan fingerprint density at radius 3 is 2.44 bits per heavy atom. The summed E-state index contributed by atoms with van der Waals surface area (Å²) in [6.45, 7) is 17.3. The number of pyridine rings is 1. The van der Waals surface area contributed by atoms with Crippen molar-refractivity contribution in [1.29, 1.82) is 0 Å². The number of carbonyl (C=O) groups excluding carboxylic acids is 5. The second kappa shape index (κ2) is 21.0. The number of nitrogens with one attached hydrogen (secondary N) is 1. The highest BCUT2D eigenvalue weighted by Crippen LogP contribution is 2.42. The lowest BCUT2D eigenvalue weighted by molar-refractivity contribution is -0.137. The molecule has 2 aromatic carbocycles. The second-order valence-corrected chi connectivity index (χ2v) is 17.9. The number of aromatic nitrogens is 1. The number of piperidine rings is 2. The van der Waals surface area contributed by atoms with Crippen LogP contribution < -0.4 is 26.1 Å². The largest absolute Gasteiger partial charge is 0.490 e. The summed E-state index contributed by atoms with van der Waals surface area (Å²) in [5, 5.41) is 3.84. The van der Waals surface area contributed by atoms with Crippen molar-refractivity contribution in [2.75, 3.05) is 53.1 Å². The second-order valence-electron chi connectivity index (χ2n) is 17.9. The minimum Gasteiger partial charge on any atom is -0.490 e. The zero-order valence-electron chi connectivity index (χ0n) is 38.6. The lowest BCUT2D eigenvalue weighted by Crippen LogP contribution is -2.44. The predicted molar refractivity (Wildman–Crippen MR) is 246 cm³/mol. The molecule has 6 rings (SSSR count). The van der Waals surface area contributed by atoms with E-state index in [1.807, 2.05) is 30.2 Å². The van der Waals surface area contributed by atoms with E-state index in [0.717, 1.165) is 48.7 Å². The number of rotatable bonds is 17. The molecule has 4 heterocycles. The Kier molecular flexibility index (Phi) is 15.7. The number of nitrogens with zero attached hydrogens (tertiary/aromatic N) is 3.